The van der Waals surface area contributed by atoms with Gasteiger partial charge in [-0.05, 0) is 65.0 Å². The molecule has 0 bridgehead atoms. The molecule has 7 nitrogen and oxygen atoms in total. The van der Waals surface area contributed by atoms with Gasteiger partial charge in [-0.1, -0.05) is 5.16 Å². The third-order valence-corrected chi connectivity index (χ3v) is 5.46. The minimum atomic E-state index is -0.507. The van der Waals surface area contributed by atoms with Gasteiger partial charge in [-0.3, -0.25) is 0 Å². The molecule has 0 radical (unpaired) electrons. The molecule has 1 amide bonds. The molecule has 164 valence electrons. The fourth-order valence-electron chi connectivity index (χ4n) is 3.17. The van der Waals surface area contributed by atoms with Crippen molar-refractivity contribution in [2.75, 3.05) is 19.3 Å². The third-order valence-electron chi connectivity index (χ3n) is 4.69. The molecule has 1 aliphatic heterocycles. The number of ether oxygens (including phenoxy) is 2. The van der Waals surface area contributed by atoms with Crippen molar-refractivity contribution in [2.45, 2.75) is 63.2 Å². The van der Waals surface area contributed by atoms with Gasteiger partial charge in [-0.2, -0.15) is 4.98 Å². The van der Waals surface area contributed by atoms with Crippen LogP contribution in [0.3, 0.4) is 0 Å². The van der Waals surface area contributed by atoms with Gasteiger partial charge < -0.3 is 18.9 Å². The van der Waals surface area contributed by atoms with E-state index >= 15 is 0 Å². The normalized spacial score (nSPS) is 16.5. The van der Waals surface area contributed by atoms with Crippen molar-refractivity contribution >= 4 is 17.9 Å². The van der Waals surface area contributed by atoms with Crippen molar-refractivity contribution in [2.24, 2.45) is 0 Å². The first-order chi connectivity index (χ1) is 14.2. The lowest BCUT2D eigenvalue weighted by atomic mass is 10.1. The van der Waals surface area contributed by atoms with Gasteiger partial charge in [0.2, 0.25) is 5.82 Å². The Labute approximate surface area is 180 Å². The standard InChI is InChI=1S/C21H28FN3O4S/c1-13(27-15-8-10-25(11-9-15)20(26)28-21(2,3)4)19-23-18(24-29-19)14-6-7-17(30-5)16(22)12-14/h6-7,12-13,15H,8-11H2,1-5H3/t13-/m0/s1. The highest BCUT2D eigenvalue weighted by Gasteiger charge is 2.29. The summed E-state index contributed by atoms with van der Waals surface area (Å²) >= 11 is 1.34. The van der Waals surface area contributed by atoms with Gasteiger partial charge in [0, 0.05) is 23.5 Å². The second kappa shape index (κ2) is 9.34. The van der Waals surface area contributed by atoms with Crippen LogP contribution in [-0.2, 0) is 9.47 Å². The maximum Gasteiger partial charge on any atom is 0.410 e. The predicted molar refractivity (Wildman–Crippen MR) is 112 cm³/mol. The molecule has 0 saturated carbocycles. The van der Waals surface area contributed by atoms with Gasteiger partial charge in [0.15, 0.2) is 0 Å². The van der Waals surface area contributed by atoms with Crippen LogP contribution in [0.1, 0.15) is 52.5 Å². The first-order valence-corrected chi connectivity index (χ1v) is 11.2. The van der Waals surface area contributed by atoms with Crippen molar-refractivity contribution < 1.29 is 23.2 Å². The summed E-state index contributed by atoms with van der Waals surface area (Å²) < 4.78 is 30.8. The first-order valence-electron chi connectivity index (χ1n) is 9.97. The van der Waals surface area contributed by atoms with Crippen LogP contribution < -0.4 is 0 Å². The molecule has 0 aliphatic carbocycles. The molecular weight excluding hydrogens is 409 g/mol. The molecule has 3 rings (SSSR count). The highest BCUT2D eigenvalue weighted by atomic mass is 32.2. The highest BCUT2D eigenvalue weighted by molar-refractivity contribution is 7.98. The minimum absolute atomic E-state index is 0.0210. The van der Waals surface area contributed by atoms with Crippen molar-refractivity contribution in [3.8, 4) is 11.4 Å². The zero-order chi connectivity index (χ0) is 21.9. The number of nitrogens with zero attached hydrogens (tertiary/aromatic N) is 3. The van der Waals surface area contributed by atoms with Gasteiger partial charge in [0.1, 0.15) is 17.5 Å². The Morgan fingerprint density at radius 3 is 2.63 bits per heavy atom. The van der Waals surface area contributed by atoms with E-state index in [1.54, 1.807) is 17.0 Å². The molecule has 0 spiro atoms. The molecule has 1 saturated heterocycles. The predicted octanol–water partition coefficient (Wildman–Crippen LogP) is 5.07. The Morgan fingerprint density at radius 1 is 1.33 bits per heavy atom. The molecule has 2 heterocycles. The van der Waals surface area contributed by atoms with Crippen molar-refractivity contribution in [3.63, 3.8) is 0 Å². The van der Waals surface area contributed by atoms with Crippen LogP contribution in [0.4, 0.5) is 9.18 Å². The SMILES string of the molecule is CSc1ccc(-c2noc([C@H](C)OC3CCN(C(=O)OC(C)(C)C)CC3)n2)cc1F. The van der Waals surface area contributed by atoms with E-state index < -0.39 is 11.7 Å². The molecule has 2 aromatic rings. The summed E-state index contributed by atoms with van der Waals surface area (Å²) in [6.07, 6.45) is 2.50. The van der Waals surface area contributed by atoms with Crippen LogP contribution in [0.15, 0.2) is 27.6 Å². The Balaban J connectivity index is 1.54. The van der Waals surface area contributed by atoms with Gasteiger partial charge in [-0.15, -0.1) is 11.8 Å². The van der Waals surface area contributed by atoms with Crippen molar-refractivity contribution in [1.29, 1.82) is 0 Å². The van der Waals surface area contributed by atoms with E-state index in [9.17, 15) is 9.18 Å². The number of likely N-dealkylation sites (tertiary alicyclic amines) is 1. The number of amides is 1. The van der Waals surface area contributed by atoms with E-state index in [0.717, 1.165) is 0 Å². The van der Waals surface area contributed by atoms with Crippen LogP contribution >= 0.6 is 11.8 Å². The van der Waals surface area contributed by atoms with Crippen LogP contribution in [0.2, 0.25) is 0 Å². The van der Waals surface area contributed by atoms with E-state index in [1.165, 1.54) is 17.8 Å². The lowest BCUT2D eigenvalue weighted by molar-refractivity contribution is -0.0509. The number of carbonyl (C=O) groups excluding carboxylic acids is 1. The Hall–Kier alpha value is -2.13. The smallest absolute Gasteiger partial charge is 0.410 e. The zero-order valence-corrected chi connectivity index (χ0v) is 18.8. The first kappa shape index (κ1) is 22.6. The summed E-state index contributed by atoms with van der Waals surface area (Å²) in [5.41, 5.74) is 0.0471. The van der Waals surface area contributed by atoms with Gasteiger partial charge in [0.25, 0.3) is 5.89 Å². The number of rotatable bonds is 5. The van der Waals surface area contributed by atoms with Gasteiger partial charge in [-0.25, -0.2) is 9.18 Å². The minimum Gasteiger partial charge on any atom is -0.444 e. The molecule has 1 fully saturated rings. The topological polar surface area (TPSA) is 77.7 Å². The fraction of sp³-hybridized carbons (Fsp3) is 0.571. The highest BCUT2D eigenvalue weighted by Crippen LogP contribution is 2.27. The van der Waals surface area contributed by atoms with Gasteiger partial charge >= 0.3 is 6.09 Å². The molecule has 1 aromatic heterocycles. The van der Waals surface area contributed by atoms with Crippen LogP contribution in [0, 0.1) is 5.82 Å². The average molecular weight is 438 g/mol. The third kappa shape index (κ3) is 5.72. The van der Waals surface area contributed by atoms with Crippen molar-refractivity contribution in [1.82, 2.24) is 15.0 Å². The number of benzene rings is 1. The van der Waals surface area contributed by atoms with Crippen LogP contribution in [0.25, 0.3) is 11.4 Å². The Bertz CT molecular complexity index is 875. The summed E-state index contributed by atoms with van der Waals surface area (Å²) in [5.74, 6) is 0.355. The number of carbonyl (C=O) groups is 1. The number of thioether (sulfide) groups is 1. The second-order valence-corrected chi connectivity index (χ2v) is 9.10. The summed E-state index contributed by atoms with van der Waals surface area (Å²) in [6, 6.07) is 4.86. The maximum absolute atomic E-state index is 14.0. The molecule has 0 unspecified atom stereocenters. The summed E-state index contributed by atoms with van der Waals surface area (Å²) in [5, 5.41) is 3.96. The molecule has 1 aromatic carbocycles. The second-order valence-electron chi connectivity index (χ2n) is 8.25. The Kier molecular flexibility index (Phi) is 7.02. The molecular formula is C21H28FN3O4S. The number of piperidine rings is 1. The Morgan fingerprint density at radius 2 is 2.03 bits per heavy atom. The number of hydrogen-bond acceptors (Lipinski definition) is 7. The molecule has 9 heteroatoms. The van der Waals surface area contributed by atoms with E-state index in [1.807, 2.05) is 34.0 Å². The van der Waals surface area contributed by atoms with Crippen LogP contribution in [0.5, 0.6) is 0 Å². The van der Waals surface area contributed by atoms with Gasteiger partial charge in [0.05, 0.1) is 6.10 Å². The monoisotopic (exact) mass is 437 g/mol. The zero-order valence-electron chi connectivity index (χ0n) is 18.0. The van der Waals surface area contributed by atoms with E-state index in [-0.39, 0.29) is 18.0 Å². The van der Waals surface area contributed by atoms with E-state index in [4.69, 9.17) is 14.0 Å². The van der Waals surface area contributed by atoms with E-state index in [0.29, 0.717) is 48.1 Å². The maximum atomic E-state index is 14.0. The molecule has 0 N–H and O–H groups in total. The number of halogens is 1. The largest absolute Gasteiger partial charge is 0.444 e. The lowest BCUT2D eigenvalue weighted by Gasteiger charge is -2.34. The summed E-state index contributed by atoms with van der Waals surface area (Å²) in [6.45, 7) is 8.55. The summed E-state index contributed by atoms with van der Waals surface area (Å²) in [7, 11) is 0. The molecule has 1 atom stereocenters. The average Bonchev–Trinajstić information content (AvgIpc) is 3.17. The van der Waals surface area contributed by atoms with E-state index in [2.05, 4.69) is 10.1 Å². The molecule has 30 heavy (non-hydrogen) atoms. The fourth-order valence-corrected chi connectivity index (χ4v) is 3.63. The van der Waals surface area contributed by atoms with Crippen molar-refractivity contribution in [3.05, 3.63) is 29.9 Å². The number of aromatic nitrogens is 2. The lowest BCUT2D eigenvalue weighted by Crippen LogP contribution is -2.43. The van der Waals surface area contributed by atoms with Crippen LogP contribution in [-0.4, -0.2) is 52.2 Å². The molecule has 1 aliphatic rings. The quantitative estimate of drug-likeness (QED) is 0.604. The summed E-state index contributed by atoms with van der Waals surface area (Å²) in [4.78, 5) is 18.8. The number of hydrogen-bond donors (Lipinski definition) is 0.